The van der Waals surface area contributed by atoms with Gasteiger partial charge in [0.05, 0.1) is 20.6 Å². The molecular weight excluding hydrogens is 272 g/mol. The van der Waals surface area contributed by atoms with Gasteiger partial charge in [-0.3, -0.25) is 4.59 Å². The lowest BCUT2D eigenvalue weighted by atomic mass is 10.1. The van der Waals surface area contributed by atoms with Crippen molar-refractivity contribution in [3.63, 3.8) is 0 Å². The molecule has 19 heavy (non-hydrogen) atoms. The molecule has 2 N–H and O–H groups in total. The Morgan fingerprint density at radius 1 is 0.789 bits per heavy atom. The van der Waals surface area contributed by atoms with Crippen LogP contribution >= 0.6 is 0 Å². The summed E-state index contributed by atoms with van der Waals surface area (Å²) in [6.45, 7) is 3.37. The van der Waals surface area contributed by atoms with Gasteiger partial charge in [0.15, 0.2) is 0 Å². The fourth-order valence-electron chi connectivity index (χ4n) is 1.65. The number of unbranched alkanes of at least 4 members (excludes halogenated alkanes) is 7. The molecule has 0 aliphatic heterocycles. The molecule has 6 nitrogen and oxygen atoms in total. The Labute approximate surface area is 119 Å². The highest BCUT2D eigenvalue weighted by Gasteiger charge is 2.06. The molecule has 0 bridgehead atoms. The average molecular weight is 301 g/mol. The first-order valence-corrected chi connectivity index (χ1v) is 8.03. The largest absolute Gasteiger partial charge is 0.253 e. The molecule has 0 atom stereocenters. The lowest BCUT2D eigenvalue weighted by Gasteiger charge is -2.21. The average Bonchev–Trinajstić information content (AvgIpc) is 2.18. The molecule has 0 heterocycles. The molecule has 0 spiro atoms. The Balaban J connectivity index is 0. The second-order valence-corrected chi connectivity index (χ2v) is 6.11. The van der Waals surface area contributed by atoms with Gasteiger partial charge in [0.2, 0.25) is 0 Å². The van der Waals surface area contributed by atoms with Gasteiger partial charge >= 0.3 is 0 Å². The van der Waals surface area contributed by atoms with Crippen LogP contribution in [0.5, 0.6) is 0 Å². The van der Waals surface area contributed by atoms with E-state index in [4.69, 9.17) is 24.5 Å². The van der Waals surface area contributed by atoms with Crippen LogP contribution in [0.2, 0.25) is 0 Å². The first-order chi connectivity index (χ1) is 8.56. The van der Waals surface area contributed by atoms with Crippen molar-refractivity contribution in [2.75, 3.05) is 20.6 Å². The van der Waals surface area contributed by atoms with E-state index in [9.17, 15) is 0 Å². The summed E-state index contributed by atoms with van der Waals surface area (Å²) in [5.74, 6) is 5.85. The highest BCUT2D eigenvalue weighted by molar-refractivity contribution is 4.45. The Kier molecular flexibility index (Phi) is 13.3. The van der Waals surface area contributed by atoms with Crippen molar-refractivity contribution in [1.29, 1.82) is 0 Å². The second kappa shape index (κ2) is 11.8. The van der Waals surface area contributed by atoms with Crippen molar-refractivity contribution in [2.45, 2.75) is 58.3 Å². The molecule has 0 saturated carbocycles. The minimum Gasteiger partial charge on any atom is -0.253 e. The number of halogens is 1. The first-order valence-electron chi connectivity index (χ1n) is 6.79. The van der Waals surface area contributed by atoms with Crippen LogP contribution in [-0.2, 0) is 0 Å². The third-order valence-corrected chi connectivity index (χ3v) is 2.59. The first kappa shape index (κ1) is 21.4. The van der Waals surface area contributed by atoms with Crippen molar-refractivity contribution < 1.29 is 33.5 Å². The van der Waals surface area contributed by atoms with Crippen LogP contribution in [0.15, 0.2) is 0 Å². The van der Waals surface area contributed by atoms with Gasteiger partial charge in [-0.2, -0.15) is 5.84 Å². The van der Waals surface area contributed by atoms with Crippen LogP contribution in [0.4, 0.5) is 0 Å². The minimum atomic E-state index is -4.94. The number of nitrogens with two attached hydrogens (primary N) is 1. The Bertz CT molecular complexity index is 187. The third-order valence-electron chi connectivity index (χ3n) is 2.59. The molecule has 118 valence electrons. The van der Waals surface area contributed by atoms with E-state index >= 15 is 0 Å². The van der Waals surface area contributed by atoms with E-state index in [1.165, 1.54) is 51.4 Å². The van der Waals surface area contributed by atoms with Gasteiger partial charge in [0.25, 0.3) is 0 Å². The third kappa shape index (κ3) is 38.1. The number of quaternary nitrogens is 1. The molecule has 0 aromatic carbocycles. The summed E-state index contributed by atoms with van der Waals surface area (Å²) >= 11 is 0. The van der Waals surface area contributed by atoms with Crippen LogP contribution in [-0.4, -0.2) is 25.2 Å². The molecule has 0 aromatic rings. The molecule has 0 aliphatic rings. The van der Waals surface area contributed by atoms with Gasteiger partial charge in [-0.05, 0) is 12.8 Å². The smallest absolute Gasteiger partial charge is 0.0955 e. The number of hydrogen-bond donors (Lipinski definition) is 1. The maximum absolute atomic E-state index is 8.49. The van der Waals surface area contributed by atoms with Gasteiger partial charge in [0.1, 0.15) is 0 Å². The summed E-state index contributed by atoms with van der Waals surface area (Å²) in [5.41, 5.74) is 0. The predicted molar refractivity (Wildman–Crippen MR) is 63.8 cm³/mol. The molecule has 0 saturated heterocycles. The summed E-state index contributed by atoms with van der Waals surface area (Å²) in [4.78, 5) is 0. The fourth-order valence-corrected chi connectivity index (χ4v) is 1.65. The molecule has 0 unspecified atom stereocenters. The molecule has 0 rings (SSSR count). The van der Waals surface area contributed by atoms with Crippen LogP contribution in [0.25, 0.3) is 0 Å². The maximum atomic E-state index is 8.49. The molecule has 0 aliphatic carbocycles. The second-order valence-electron chi connectivity index (χ2n) is 5.36. The lowest BCUT2D eigenvalue weighted by molar-refractivity contribution is -2.00. The van der Waals surface area contributed by atoms with E-state index in [1.807, 2.05) is 0 Å². The summed E-state index contributed by atoms with van der Waals surface area (Å²) in [6, 6.07) is 0. The SMILES string of the molecule is CCCCCCCCCC[N+](C)(C)N.[O-][Cl+3]([O-])([O-])[O-]. The van der Waals surface area contributed by atoms with Gasteiger partial charge < -0.3 is 0 Å². The van der Waals surface area contributed by atoms with E-state index in [0.717, 1.165) is 6.54 Å². The summed E-state index contributed by atoms with van der Waals surface area (Å²) in [7, 11) is -0.831. The molecule has 0 radical (unpaired) electrons. The monoisotopic (exact) mass is 300 g/mol. The molecule has 0 aromatic heterocycles. The van der Waals surface area contributed by atoms with Crippen molar-refractivity contribution in [2.24, 2.45) is 5.84 Å². The number of nitrogens with zero attached hydrogens (tertiary/aromatic N) is 1. The standard InChI is InChI=1S/C12H29N2.ClHO4/c1-4-5-6-7-8-9-10-11-12-14(2,3)13;2-1(3,4)5/h4-13H2,1-3H3;(H,2,3,4,5)/q+1;/p-1. The van der Waals surface area contributed by atoms with Crippen molar-refractivity contribution >= 4 is 0 Å². The van der Waals surface area contributed by atoms with Gasteiger partial charge in [-0.15, -0.1) is 10.2 Å². The van der Waals surface area contributed by atoms with Crippen molar-refractivity contribution in [3.8, 4) is 0 Å². The van der Waals surface area contributed by atoms with E-state index in [2.05, 4.69) is 21.0 Å². The quantitative estimate of drug-likeness (QED) is 0.236. The zero-order chi connectivity index (χ0) is 15.4. The van der Waals surface area contributed by atoms with Crippen LogP contribution in [0.3, 0.4) is 0 Å². The Hall–Kier alpha value is 0.0500. The normalized spacial score (nSPS) is 12.0. The molecular formula is C12H29ClN2O4. The lowest BCUT2D eigenvalue weighted by Crippen LogP contribution is -2.68. The van der Waals surface area contributed by atoms with Crippen LogP contribution in [0, 0.1) is 10.2 Å². The van der Waals surface area contributed by atoms with E-state index in [-0.39, 0.29) is 0 Å². The van der Waals surface area contributed by atoms with Crippen molar-refractivity contribution in [3.05, 3.63) is 0 Å². The zero-order valence-electron chi connectivity index (χ0n) is 12.4. The van der Waals surface area contributed by atoms with E-state index in [0.29, 0.717) is 4.59 Å². The van der Waals surface area contributed by atoms with Gasteiger partial charge in [-0.25, -0.2) is 18.6 Å². The topological polar surface area (TPSA) is 118 Å². The Morgan fingerprint density at radius 3 is 1.42 bits per heavy atom. The van der Waals surface area contributed by atoms with Crippen molar-refractivity contribution in [1.82, 2.24) is 0 Å². The van der Waals surface area contributed by atoms with Gasteiger partial charge in [-0.1, -0.05) is 45.4 Å². The predicted octanol–water partition coefficient (Wildman–Crippen LogP) is -1.68. The molecule has 0 fully saturated rings. The highest BCUT2D eigenvalue weighted by Crippen LogP contribution is 2.08. The number of hydrogen-bond acceptors (Lipinski definition) is 5. The molecule has 0 amide bonds. The van der Waals surface area contributed by atoms with Crippen LogP contribution in [0.1, 0.15) is 58.3 Å². The number of rotatable bonds is 9. The van der Waals surface area contributed by atoms with E-state index in [1.54, 1.807) is 0 Å². The van der Waals surface area contributed by atoms with E-state index < -0.39 is 10.2 Å². The van der Waals surface area contributed by atoms with Gasteiger partial charge in [0, 0.05) is 0 Å². The molecule has 7 heteroatoms. The Morgan fingerprint density at radius 2 is 1.11 bits per heavy atom. The summed E-state index contributed by atoms with van der Waals surface area (Å²) in [5, 5.41) is 0. The fraction of sp³-hybridized carbons (Fsp3) is 1.00. The maximum Gasteiger partial charge on any atom is 0.0955 e. The summed E-state index contributed by atoms with van der Waals surface area (Å²) in [6.07, 6.45) is 11.0. The summed E-state index contributed by atoms with van der Waals surface area (Å²) < 4.78 is 34.6. The zero-order valence-corrected chi connectivity index (χ0v) is 13.2. The van der Waals surface area contributed by atoms with Crippen LogP contribution < -0.4 is 24.5 Å². The minimum absolute atomic E-state index is 0.621. The highest BCUT2D eigenvalue weighted by atomic mass is 35.7.